The highest BCUT2D eigenvalue weighted by Crippen LogP contribution is 2.30. The summed E-state index contributed by atoms with van der Waals surface area (Å²) in [7, 11) is -1.58. The fraction of sp³-hybridized carbons (Fsp3) is 0.538. The molecule has 0 heterocycles. The summed E-state index contributed by atoms with van der Waals surface area (Å²) in [6.45, 7) is 1.95. The van der Waals surface area contributed by atoms with Gasteiger partial charge in [-0.2, -0.15) is 0 Å². The molecule has 0 aliphatic heterocycles. The van der Waals surface area contributed by atoms with Crippen molar-refractivity contribution in [2.45, 2.75) is 37.1 Å². The first-order valence-electron chi connectivity index (χ1n) is 6.33. The lowest BCUT2D eigenvalue weighted by Gasteiger charge is -2.31. The molecule has 0 amide bonds. The van der Waals surface area contributed by atoms with E-state index in [-0.39, 0.29) is 6.04 Å². The fourth-order valence-corrected chi connectivity index (χ4v) is 3.46. The van der Waals surface area contributed by atoms with Crippen molar-refractivity contribution in [1.29, 1.82) is 0 Å². The Labute approximate surface area is 109 Å². The van der Waals surface area contributed by atoms with Gasteiger partial charge in [0.25, 0.3) is 0 Å². The highest BCUT2D eigenvalue weighted by molar-refractivity contribution is 7.89. The molecule has 1 fully saturated rings. The minimum atomic E-state index is -3.38. The van der Waals surface area contributed by atoms with Crippen LogP contribution in [0.3, 0.4) is 0 Å². The van der Waals surface area contributed by atoms with Gasteiger partial charge < -0.3 is 5.32 Å². The van der Waals surface area contributed by atoms with Gasteiger partial charge in [-0.05, 0) is 49.9 Å². The molecule has 1 unspecified atom stereocenters. The first-order valence-corrected chi connectivity index (χ1v) is 7.81. The molecule has 0 saturated heterocycles. The second kappa shape index (κ2) is 5.28. The summed E-state index contributed by atoms with van der Waals surface area (Å²) in [5.41, 5.74) is 0.904. The van der Waals surface area contributed by atoms with Gasteiger partial charge >= 0.3 is 0 Å². The molecular weight excluding hydrogens is 248 g/mol. The average Bonchev–Trinajstić information content (AvgIpc) is 2.26. The largest absolute Gasteiger partial charge is 0.388 e. The molecule has 1 aromatic carbocycles. The van der Waals surface area contributed by atoms with E-state index in [0.29, 0.717) is 10.8 Å². The molecule has 0 radical (unpaired) electrons. The number of anilines is 1. The van der Waals surface area contributed by atoms with Crippen LogP contribution in [0.25, 0.3) is 0 Å². The molecule has 18 heavy (non-hydrogen) atoms. The normalized spacial score (nSPS) is 18.1. The number of nitrogens with one attached hydrogen (secondary N) is 2. The standard InChI is InChI=1S/C13H20N2O2S/c1-10(11-4-3-5-11)15-18(16,17)13-8-6-12(14-2)7-9-13/h6-11,14-15H,3-5H2,1-2H3. The third kappa shape index (κ3) is 2.84. The summed E-state index contributed by atoms with van der Waals surface area (Å²) in [4.78, 5) is 0.327. The van der Waals surface area contributed by atoms with Crippen LogP contribution in [0.1, 0.15) is 26.2 Å². The minimum absolute atomic E-state index is 0.0210. The van der Waals surface area contributed by atoms with Crippen molar-refractivity contribution in [3.63, 3.8) is 0 Å². The Hall–Kier alpha value is -1.07. The van der Waals surface area contributed by atoms with Crippen molar-refractivity contribution < 1.29 is 8.42 Å². The van der Waals surface area contributed by atoms with E-state index in [1.807, 2.05) is 6.92 Å². The Balaban J connectivity index is 2.08. The maximum absolute atomic E-state index is 12.2. The predicted molar refractivity (Wildman–Crippen MR) is 73.1 cm³/mol. The molecule has 0 bridgehead atoms. The fourth-order valence-electron chi connectivity index (χ4n) is 2.15. The lowest BCUT2D eigenvalue weighted by molar-refractivity contribution is 0.260. The average molecular weight is 268 g/mol. The third-order valence-electron chi connectivity index (χ3n) is 3.65. The van der Waals surface area contributed by atoms with Crippen molar-refractivity contribution in [1.82, 2.24) is 4.72 Å². The van der Waals surface area contributed by atoms with Crippen LogP contribution in [-0.2, 0) is 10.0 Å². The van der Waals surface area contributed by atoms with Gasteiger partial charge in [0.05, 0.1) is 4.90 Å². The minimum Gasteiger partial charge on any atom is -0.388 e. The van der Waals surface area contributed by atoms with Crippen LogP contribution < -0.4 is 10.0 Å². The zero-order valence-corrected chi connectivity index (χ0v) is 11.6. The number of benzene rings is 1. The van der Waals surface area contributed by atoms with Crippen LogP contribution >= 0.6 is 0 Å². The lowest BCUT2D eigenvalue weighted by Crippen LogP contribution is -2.40. The molecule has 1 atom stereocenters. The van der Waals surface area contributed by atoms with E-state index in [0.717, 1.165) is 18.5 Å². The van der Waals surface area contributed by atoms with Crippen molar-refractivity contribution in [3.8, 4) is 0 Å². The topological polar surface area (TPSA) is 58.2 Å². The third-order valence-corrected chi connectivity index (χ3v) is 5.23. The number of sulfonamides is 1. The van der Waals surface area contributed by atoms with Gasteiger partial charge in [-0.3, -0.25) is 0 Å². The zero-order valence-electron chi connectivity index (χ0n) is 10.8. The highest BCUT2D eigenvalue weighted by Gasteiger charge is 2.27. The van der Waals surface area contributed by atoms with Crippen molar-refractivity contribution in [2.24, 2.45) is 5.92 Å². The molecule has 1 aliphatic carbocycles. The summed E-state index contributed by atoms with van der Waals surface area (Å²) in [6, 6.07) is 6.81. The van der Waals surface area contributed by atoms with Gasteiger partial charge in [0.15, 0.2) is 0 Å². The van der Waals surface area contributed by atoms with Gasteiger partial charge in [-0.15, -0.1) is 0 Å². The Kier molecular flexibility index (Phi) is 3.92. The first-order chi connectivity index (χ1) is 8.53. The van der Waals surface area contributed by atoms with E-state index in [1.54, 1.807) is 31.3 Å². The summed E-state index contributed by atoms with van der Waals surface area (Å²) >= 11 is 0. The monoisotopic (exact) mass is 268 g/mol. The molecule has 4 nitrogen and oxygen atoms in total. The second-order valence-electron chi connectivity index (χ2n) is 4.88. The highest BCUT2D eigenvalue weighted by atomic mass is 32.2. The first kappa shape index (κ1) is 13.4. The molecule has 2 rings (SSSR count). The van der Waals surface area contributed by atoms with Crippen molar-refractivity contribution in [3.05, 3.63) is 24.3 Å². The smallest absolute Gasteiger partial charge is 0.240 e. The summed E-state index contributed by atoms with van der Waals surface area (Å²) < 4.78 is 27.1. The van der Waals surface area contributed by atoms with Crippen molar-refractivity contribution >= 4 is 15.7 Å². The maximum Gasteiger partial charge on any atom is 0.240 e. The SMILES string of the molecule is CNc1ccc(S(=O)(=O)NC(C)C2CCC2)cc1. The maximum atomic E-state index is 12.2. The number of hydrogen-bond acceptors (Lipinski definition) is 3. The van der Waals surface area contributed by atoms with Gasteiger partial charge in [-0.25, -0.2) is 13.1 Å². The molecular formula is C13H20N2O2S. The van der Waals surface area contributed by atoms with E-state index in [4.69, 9.17) is 0 Å². The number of rotatable bonds is 5. The van der Waals surface area contributed by atoms with E-state index in [1.165, 1.54) is 6.42 Å². The van der Waals surface area contributed by atoms with Gasteiger partial charge in [0.1, 0.15) is 0 Å². The van der Waals surface area contributed by atoms with Crippen LogP contribution in [0.4, 0.5) is 5.69 Å². The molecule has 1 saturated carbocycles. The van der Waals surface area contributed by atoms with E-state index < -0.39 is 10.0 Å². The molecule has 5 heteroatoms. The van der Waals surface area contributed by atoms with Crippen LogP contribution in [0.2, 0.25) is 0 Å². The Morgan fingerprint density at radius 2 is 1.83 bits per heavy atom. The molecule has 1 aromatic rings. The predicted octanol–water partition coefficient (Wildman–Crippen LogP) is 2.20. The Morgan fingerprint density at radius 1 is 1.22 bits per heavy atom. The molecule has 1 aliphatic rings. The van der Waals surface area contributed by atoms with Gasteiger partial charge in [0, 0.05) is 18.8 Å². The Morgan fingerprint density at radius 3 is 2.28 bits per heavy atom. The summed E-state index contributed by atoms with van der Waals surface area (Å²) in [5.74, 6) is 0.497. The lowest BCUT2D eigenvalue weighted by atomic mass is 9.81. The quantitative estimate of drug-likeness (QED) is 0.860. The van der Waals surface area contributed by atoms with Crippen LogP contribution in [0.15, 0.2) is 29.2 Å². The second-order valence-corrected chi connectivity index (χ2v) is 6.59. The molecule has 0 aromatic heterocycles. The zero-order chi connectivity index (χ0) is 13.2. The van der Waals surface area contributed by atoms with Crippen LogP contribution in [-0.4, -0.2) is 21.5 Å². The molecule has 2 N–H and O–H groups in total. The molecule has 100 valence electrons. The van der Waals surface area contributed by atoms with E-state index in [9.17, 15) is 8.42 Å². The summed E-state index contributed by atoms with van der Waals surface area (Å²) in [5, 5.41) is 2.97. The summed E-state index contributed by atoms with van der Waals surface area (Å²) in [6.07, 6.45) is 3.47. The number of hydrogen-bond donors (Lipinski definition) is 2. The molecule has 0 spiro atoms. The van der Waals surface area contributed by atoms with Crippen molar-refractivity contribution in [2.75, 3.05) is 12.4 Å². The van der Waals surface area contributed by atoms with E-state index >= 15 is 0 Å². The van der Waals surface area contributed by atoms with Gasteiger partial charge in [0.2, 0.25) is 10.0 Å². The van der Waals surface area contributed by atoms with Crippen LogP contribution in [0, 0.1) is 5.92 Å². The van der Waals surface area contributed by atoms with Crippen LogP contribution in [0.5, 0.6) is 0 Å². The van der Waals surface area contributed by atoms with Gasteiger partial charge in [-0.1, -0.05) is 6.42 Å². The van der Waals surface area contributed by atoms with E-state index in [2.05, 4.69) is 10.0 Å². The Bertz CT molecular complexity index is 492.